The van der Waals surface area contributed by atoms with Gasteiger partial charge in [0.1, 0.15) is 11.0 Å². The van der Waals surface area contributed by atoms with E-state index in [1.807, 2.05) is 4.72 Å². The lowest BCUT2D eigenvalue weighted by atomic mass is 10.5. The number of carbonyl (C=O) groups is 1. The molecule has 0 unspecified atom stereocenters. The molecule has 0 saturated heterocycles. The molecule has 0 atom stereocenters. The van der Waals surface area contributed by atoms with Gasteiger partial charge < -0.3 is 5.11 Å². The molecule has 0 spiro atoms. The third-order valence-electron chi connectivity index (χ3n) is 1.29. The highest BCUT2D eigenvalue weighted by atomic mass is 35.5. The first-order valence-electron chi connectivity index (χ1n) is 3.74. The number of aliphatic carboxylic acids is 1. The Labute approximate surface area is 91.0 Å². The predicted octanol–water partition coefficient (Wildman–Crippen LogP) is 0.561. The molecule has 0 aliphatic heterocycles. The topological polar surface area (TPSA) is 96.4 Å². The summed E-state index contributed by atoms with van der Waals surface area (Å²) in [6.45, 7) is 0. The Morgan fingerprint density at radius 3 is 2.73 bits per heavy atom. The molecule has 1 aromatic rings. The summed E-state index contributed by atoms with van der Waals surface area (Å²) in [7, 11) is -3.92. The molecule has 1 aromatic heterocycles. The van der Waals surface area contributed by atoms with Gasteiger partial charge in [0.15, 0.2) is 5.75 Å². The molecule has 0 bridgehead atoms. The summed E-state index contributed by atoms with van der Waals surface area (Å²) in [4.78, 5) is 13.9. The monoisotopic (exact) mass is 250 g/mol. The largest absolute Gasteiger partial charge is 0.480 e. The number of nitrogens with one attached hydrogen (secondary N) is 1. The number of anilines is 1. The maximum absolute atomic E-state index is 11.1. The number of hydrogen-bond donors (Lipinski definition) is 2. The first-order valence-corrected chi connectivity index (χ1v) is 5.77. The van der Waals surface area contributed by atoms with E-state index in [0.717, 1.165) is 0 Å². The van der Waals surface area contributed by atoms with Crippen molar-refractivity contribution < 1.29 is 18.3 Å². The van der Waals surface area contributed by atoms with Gasteiger partial charge in [-0.05, 0) is 12.1 Å². The van der Waals surface area contributed by atoms with E-state index in [0.29, 0.717) is 0 Å². The highest BCUT2D eigenvalue weighted by molar-refractivity contribution is 7.93. The van der Waals surface area contributed by atoms with Crippen molar-refractivity contribution in [3.05, 3.63) is 23.4 Å². The van der Waals surface area contributed by atoms with Gasteiger partial charge in [-0.1, -0.05) is 17.7 Å². The second kappa shape index (κ2) is 4.45. The lowest BCUT2D eigenvalue weighted by molar-refractivity contribution is -0.134. The molecule has 0 fully saturated rings. The number of nitrogens with zero attached hydrogens (tertiary/aromatic N) is 1. The van der Waals surface area contributed by atoms with Crippen molar-refractivity contribution in [1.29, 1.82) is 0 Å². The van der Waals surface area contributed by atoms with Crippen LogP contribution in [0.4, 0.5) is 5.82 Å². The number of aromatic nitrogens is 1. The van der Waals surface area contributed by atoms with Crippen LogP contribution in [0, 0.1) is 0 Å². The minimum absolute atomic E-state index is 0.0104. The fourth-order valence-corrected chi connectivity index (χ4v) is 1.82. The third-order valence-corrected chi connectivity index (χ3v) is 2.65. The zero-order chi connectivity index (χ0) is 11.5. The molecule has 15 heavy (non-hydrogen) atoms. The van der Waals surface area contributed by atoms with Gasteiger partial charge in [0.05, 0.1) is 0 Å². The van der Waals surface area contributed by atoms with Gasteiger partial charge in [-0.2, -0.15) is 0 Å². The molecular weight excluding hydrogens is 244 g/mol. The smallest absolute Gasteiger partial charge is 0.320 e. The van der Waals surface area contributed by atoms with Crippen LogP contribution in [0.3, 0.4) is 0 Å². The second-order valence-corrected chi connectivity index (χ2v) is 4.71. The molecule has 1 heterocycles. The van der Waals surface area contributed by atoms with Crippen LogP contribution < -0.4 is 4.72 Å². The SMILES string of the molecule is O=C(O)CS(=O)(=O)Nc1cccc(Cl)n1. The number of carboxylic acid groups (broad SMARTS) is 1. The average molecular weight is 251 g/mol. The molecule has 2 N–H and O–H groups in total. The Balaban J connectivity index is 2.82. The highest BCUT2D eigenvalue weighted by Crippen LogP contribution is 2.10. The number of pyridine rings is 1. The molecule has 8 heteroatoms. The van der Waals surface area contributed by atoms with Crippen molar-refractivity contribution in [3.63, 3.8) is 0 Å². The van der Waals surface area contributed by atoms with E-state index in [9.17, 15) is 13.2 Å². The van der Waals surface area contributed by atoms with E-state index in [4.69, 9.17) is 16.7 Å². The van der Waals surface area contributed by atoms with Crippen molar-refractivity contribution in [2.45, 2.75) is 0 Å². The molecule has 0 aromatic carbocycles. The Bertz CT molecular complexity index is 474. The van der Waals surface area contributed by atoms with E-state index >= 15 is 0 Å². The third kappa shape index (κ3) is 4.13. The van der Waals surface area contributed by atoms with Crippen molar-refractivity contribution in [2.75, 3.05) is 10.5 Å². The van der Waals surface area contributed by atoms with Crippen LogP contribution in [0.1, 0.15) is 0 Å². The van der Waals surface area contributed by atoms with Crippen molar-refractivity contribution >= 4 is 33.4 Å². The summed E-state index contributed by atoms with van der Waals surface area (Å²) >= 11 is 5.52. The maximum Gasteiger partial charge on any atom is 0.320 e. The van der Waals surface area contributed by atoms with Gasteiger partial charge >= 0.3 is 5.97 Å². The minimum atomic E-state index is -3.92. The quantitative estimate of drug-likeness (QED) is 0.761. The van der Waals surface area contributed by atoms with Gasteiger partial charge in [-0.25, -0.2) is 13.4 Å². The van der Waals surface area contributed by atoms with Gasteiger partial charge in [0.2, 0.25) is 10.0 Å². The lowest BCUT2D eigenvalue weighted by Gasteiger charge is -2.04. The average Bonchev–Trinajstić information content (AvgIpc) is 1.99. The summed E-state index contributed by atoms with van der Waals surface area (Å²) < 4.78 is 24.3. The lowest BCUT2D eigenvalue weighted by Crippen LogP contribution is -2.22. The van der Waals surface area contributed by atoms with Crippen LogP contribution in [-0.2, 0) is 14.8 Å². The fourth-order valence-electron chi connectivity index (χ4n) is 0.823. The van der Waals surface area contributed by atoms with Crippen LogP contribution in [0.2, 0.25) is 5.15 Å². The van der Waals surface area contributed by atoms with Gasteiger partial charge in [-0.15, -0.1) is 0 Å². The Morgan fingerprint density at radius 2 is 2.20 bits per heavy atom. The van der Waals surface area contributed by atoms with Gasteiger partial charge in [0.25, 0.3) is 0 Å². The molecule has 6 nitrogen and oxygen atoms in total. The zero-order valence-corrected chi connectivity index (χ0v) is 8.92. The van der Waals surface area contributed by atoms with E-state index in [1.54, 1.807) is 0 Å². The number of carboxylic acids is 1. The summed E-state index contributed by atoms with van der Waals surface area (Å²) in [5, 5.41) is 8.43. The van der Waals surface area contributed by atoms with Crippen molar-refractivity contribution in [2.24, 2.45) is 0 Å². The van der Waals surface area contributed by atoms with E-state index in [1.165, 1.54) is 18.2 Å². The van der Waals surface area contributed by atoms with E-state index in [2.05, 4.69) is 4.98 Å². The standard InChI is InChI=1S/C7H7ClN2O4S/c8-5-2-1-3-6(9-5)10-15(13,14)4-7(11)12/h1-3H,4H2,(H,9,10)(H,11,12). The molecule has 0 amide bonds. The summed E-state index contributed by atoms with van der Waals surface area (Å²) in [5.74, 6) is -2.46. The summed E-state index contributed by atoms with van der Waals surface area (Å²) in [6, 6.07) is 4.33. The first kappa shape index (κ1) is 11.7. The Morgan fingerprint density at radius 1 is 1.53 bits per heavy atom. The molecule has 0 aliphatic rings. The van der Waals surface area contributed by atoms with Crippen molar-refractivity contribution in [1.82, 2.24) is 4.98 Å². The van der Waals surface area contributed by atoms with Crippen molar-refractivity contribution in [3.8, 4) is 0 Å². The normalized spacial score (nSPS) is 11.0. The van der Waals surface area contributed by atoms with E-state index in [-0.39, 0.29) is 11.0 Å². The number of hydrogen-bond acceptors (Lipinski definition) is 4. The summed E-state index contributed by atoms with van der Waals surface area (Å²) in [6.07, 6.45) is 0. The first-order chi connectivity index (χ1) is 6.89. The molecule has 0 aliphatic carbocycles. The molecule has 82 valence electrons. The van der Waals surface area contributed by atoms with Crippen LogP contribution >= 0.6 is 11.6 Å². The predicted molar refractivity (Wildman–Crippen MR) is 54.3 cm³/mol. The van der Waals surface area contributed by atoms with Crippen LogP contribution in [0.15, 0.2) is 18.2 Å². The molecule has 1 rings (SSSR count). The summed E-state index contributed by atoms with van der Waals surface area (Å²) in [5.41, 5.74) is 0. The number of sulfonamides is 1. The van der Waals surface area contributed by atoms with Gasteiger partial charge in [0, 0.05) is 0 Å². The highest BCUT2D eigenvalue weighted by Gasteiger charge is 2.15. The molecular formula is C7H7ClN2O4S. The van der Waals surface area contributed by atoms with Gasteiger partial charge in [-0.3, -0.25) is 9.52 Å². The number of rotatable bonds is 4. The Kier molecular flexibility index (Phi) is 3.48. The fraction of sp³-hybridized carbons (Fsp3) is 0.143. The maximum atomic E-state index is 11.1. The molecule has 0 radical (unpaired) electrons. The minimum Gasteiger partial charge on any atom is -0.480 e. The second-order valence-electron chi connectivity index (χ2n) is 2.60. The van der Waals surface area contributed by atoms with Crippen LogP contribution in [0.25, 0.3) is 0 Å². The zero-order valence-electron chi connectivity index (χ0n) is 7.34. The van der Waals surface area contributed by atoms with E-state index < -0.39 is 21.7 Å². The number of halogens is 1. The Hall–Kier alpha value is -1.34. The molecule has 0 saturated carbocycles. The van der Waals surface area contributed by atoms with Crippen LogP contribution in [-0.4, -0.2) is 30.2 Å². The van der Waals surface area contributed by atoms with Crippen LogP contribution in [0.5, 0.6) is 0 Å².